The van der Waals surface area contributed by atoms with E-state index in [9.17, 15) is 75.4 Å². The molecule has 6 nitrogen and oxygen atoms in total. The number of benzene rings is 3. The summed E-state index contributed by atoms with van der Waals surface area (Å²) in [6.07, 6.45) is -28.1. The van der Waals surface area contributed by atoms with E-state index in [0.29, 0.717) is 12.1 Å². The molecule has 0 aliphatic heterocycles. The Bertz CT molecular complexity index is 2640. The van der Waals surface area contributed by atoms with Gasteiger partial charge in [0.1, 0.15) is 16.8 Å². The Morgan fingerprint density at radius 1 is 0.479 bits per heavy atom. The first-order valence-corrected chi connectivity index (χ1v) is 12.6. The van der Waals surface area contributed by atoms with Gasteiger partial charge in [-0.15, -0.1) is 0 Å². The van der Waals surface area contributed by atoms with Gasteiger partial charge in [-0.1, -0.05) is 0 Å². The van der Waals surface area contributed by atoms with E-state index in [1.807, 2.05) is 0 Å². The third-order valence-corrected chi connectivity index (χ3v) is 7.72. The number of fused-ring (bicyclic) bond motifs is 10. The Morgan fingerprint density at radius 2 is 0.938 bits per heavy atom. The molecule has 4 heterocycles. The highest BCUT2D eigenvalue weighted by Crippen LogP contribution is 2.49. The van der Waals surface area contributed by atoms with Crippen molar-refractivity contribution in [2.75, 3.05) is 0 Å². The molecule has 21 heteroatoms. The summed E-state index contributed by atoms with van der Waals surface area (Å²) in [5.41, 5.74) is -21.9. The zero-order chi connectivity index (χ0) is 35.4. The van der Waals surface area contributed by atoms with Gasteiger partial charge < -0.3 is 0 Å². The average Bonchev–Trinajstić information content (AvgIpc) is 3.63. The fraction of sp³-hybridized carbons (Fsp3) is 0.185. The highest BCUT2D eigenvalue weighted by molar-refractivity contribution is 6.17. The van der Waals surface area contributed by atoms with E-state index >= 15 is 0 Å². The second kappa shape index (κ2) is 8.86. The SMILES string of the molecule is O=c1c2c(C(F)(F)F)c3c(c(C(F)(F)F)c2c2nc4ccc(C(F)(F)F)cc4n12)c(=O)n1c2cc(C(F)(F)F)cc(C(F)(F)F)c2nc31. The predicted octanol–water partition coefficient (Wildman–Crippen LogP) is 8.28. The van der Waals surface area contributed by atoms with Gasteiger partial charge in [0.25, 0.3) is 11.1 Å². The number of aromatic nitrogens is 4. The number of nitrogens with zero attached hydrogens (tertiary/aromatic N) is 4. The van der Waals surface area contributed by atoms with Crippen molar-refractivity contribution >= 4 is 54.9 Å². The molecular formula is C27H5F15N4O2. The van der Waals surface area contributed by atoms with Crippen LogP contribution in [0, 0.1) is 0 Å². The summed E-state index contributed by atoms with van der Waals surface area (Å²) in [6.45, 7) is 0. The topological polar surface area (TPSA) is 68.7 Å². The first-order valence-electron chi connectivity index (χ1n) is 12.6. The molecule has 7 aromatic rings. The fourth-order valence-electron chi connectivity index (χ4n) is 5.97. The largest absolute Gasteiger partial charge is 0.418 e. The summed E-state index contributed by atoms with van der Waals surface area (Å²) < 4.78 is 211. The van der Waals surface area contributed by atoms with E-state index in [-0.39, 0.29) is 20.9 Å². The Hall–Kier alpha value is -5.11. The summed E-state index contributed by atoms with van der Waals surface area (Å²) in [6, 6.07) is 0.676. The van der Waals surface area contributed by atoms with Gasteiger partial charge in [0.2, 0.25) is 0 Å². The van der Waals surface area contributed by atoms with E-state index in [2.05, 4.69) is 9.97 Å². The molecule has 0 unspecified atom stereocenters. The summed E-state index contributed by atoms with van der Waals surface area (Å²) >= 11 is 0. The van der Waals surface area contributed by atoms with Crippen molar-refractivity contribution in [3.05, 3.63) is 78.9 Å². The van der Waals surface area contributed by atoms with Gasteiger partial charge in [0.15, 0.2) is 0 Å². The molecule has 4 aromatic heterocycles. The van der Waals surface area contributed by atoms with Crippen molar-refractivity contribution in [3.8, 4) is 0 Å². The molecule has 0 aliphatic carbocycles. The maximum atomic E-state index is 14.8. The van der Waals surface area contributed by atoms with Crippen molar-refractivity contribution in [1.29, 1.82) is 0 Å². The lowest BCUT2D eigenvalue weighted by Crippen LogP contribution is -2.18. The van der Waals surface area contributed by atoms with Crippen LogP contribution in [0.15, 0.2) is 39.9 Å². The zero-order valence-electron chi connectivity index (χ0n) is 22.2. The van der Waals surface area contributed by atoms with Gasteiger partial charge in [0.05, 0.1) is 55.1 Å². The minimum absolute atomic E-state index is 0.0275. The minimum Gasteiger partial charge on any atom is -0.268 e. The number of hydrogen-bond donors (Lipinski definition) is 0. The fourth-order valence-corrected chi connectivity index (χ4v) is 5.97. The van der Waals surface area contributed by atoms with Crippen molar-refractivity contribution in [2.24, 2.45) is 0 Å². The standard InChI is InChI=1S/C27H5F15N4O2/c28-23(29,30)6-1-2-9-10(4-6)45-19(43-9)12-14(21(45)47)17(27(40,41)42)13-15(16(12)26(37,38)39)22(48)46-11-5-7(24(31,32)33)3-8(25(34,35)36)18(11)44-20(13)46/h1-5H. The molecule has 0 fully saturated rings. The predicted molar refractivity (Wildman–Crippen MR) is 134 cm³/mol. The van der Waals surface area contributed by atoms with Crippen LogP contribution in [0.5, 0.6) is 0 Å². The second-order valence-electron chi connectivity index (χ2n) is 10.5. The minimum atomic E-state index is -5.93. The van der Waals surface area contributed by atoms with E-state index in [0.717, 1.165) is 0 Å². The van der Waals surface area contributed by atoms with Crippen molar-refractivity contribution < 1.29 is 65.9 Å². The van der Waals surface area contributed by atoms with Crippen LogP contribution in [0.25, 0.3) is 54.9 Å². The third-order valence-electron chi connectivity index (χ3n) is 7.72. The molecule has 250 valence electrons. The maximum absolute atomic E-state index is 14.8. The first kappa shape index (κ1) is 31.5. The highest BCUT2D eigenvalue weighted by Gasteiger charge is 2.48. The maximum Gasteiger partial charge on any atom is 0.418 e. The van der Waals surface area contributed by atoms with Crippen molar-refractivity contribution in [2.45, 2.75) is 30.9 Å². The van der Waals surface area contributed by atoms with Gasteiger partial charge in [-0.05, 0) is 30.3 Å². The number of alkyl halides is 15. The van der Waals surface area contributed by atoms with Gasteiger partial charge in [-0.3, -0.25) is 18.4 Å². The third kappa shape index (κ3) is 4.11. The lowest BCUT2D eigenvalue weighted by molar-refractivity contribution is -0.142. The molecule has 0 aliphatic rings. The van der Waals surface area contributed by atoms with E-state index in [1.165, 1.54) is 0 Å². The van der Waals surface area contributed by atoms with E-state index < -0.39 is 131 Å². The first-order chi connectivity index (χ1) is 21.8. The quantitative estimate of drug-likeness (QED) is 0.149. The highest BCUT2D eigenvalue weighted by atomic mass is 19.4. The van der Waals surface area contributed by atoms with Crippen molar-refractivity contribution in [3.63, 3.8) is 0 Å². The monoisotopic (exact) mass is 702 g/mol. The summed E-state index contributed by atoms with van der Waals surface area (Å²) in [7, 11) is 0. The Balaban J connectivity index is 1.81. The average molecular weight is 702 g/mol. The molecule has 48 heavy (non-hydrogen) atoms. The summed E-state index contributed by atoms with van der Waals surface area (Å²) in [4.78, 5) is 34.1. The van der Waals surface area contributed by atoms with Crippen LogP contribution in [-0.2, 0) is 30.9 Å². The van der Waals surface area contributed by atoms with Crippen LogP contribution in [-0.4, -0.2) is 18.8 Å². The molecule has 0 radical (unpaired) electrons. The van der Waals surface area contributed by atoms with Gasteiger partial charge >= 0.3 is 30.9 Å². The number of hydrogen-bond acceptors (Lipinski definition) is 4. The van der Waals surface area contributed by atoms with Crippen molar-refractivity contribution in [1.82, 2.24) is 18.8 Å². The van der Waals surface area contributed by atoms with Crippen LogP contribution < -0.4 is 11.1 Å². The summed E-state index contributed by atoms with van der Waals surface area (Å²) in [5, 5.41) is -7.39. The van der Waals surface area contributed by atoms with Crippen LogP contribution >= 0.6 is 0 Å². The molecule has 3 aromatic carbocycles. The molecule has 0 N–H and O–H groups in total. The van der Waals surface area contributed by atoms with Crippen LogP contribution in [0.1, 0.15) is 27.8 Å². The van der Waals surface area contributed by atoms with Crippen LogP contribution in [0.4, 0.5) is 65.9 Å². The molecule has 0 atom stereocenters. The lowest BCUT2D eigenvalue weighted by atomic mass is 9.95. The number of halogens is 15. The Morgan fingerprint density at radius 3 is 1.40 bits per heavy atom. The smallest absolute Gasteiger partial charge is 0.268 e. The molecule has 0 bridgehead atoms. The molecule has 0 saturated heterocycles. The van der Waals surface area contributed by atoms with Crippen LogP contribution in [0.3, 0.4) is 0 Å². The van der Waals surface area contributed by atoms with E-state index in [1.54, 1.807) is 0 Å². The van der Waals surface area contributed by atoms with Gasteiger partial charge in [0, 0.05) is 10.8 Å². The number of rotatable bonds is 0. The van der Waals surface area contributed by atoms with Gasteiger partial charge in [-0.2, -0.15) is 65.9 Å². The molecule has 7 rings (SSSR count). The zero-order valence-corrected chi connectivity index (χ0v) is 22.2. The molecule has 0 amide bonds. The molecule has 0 saturated carbocycles. The van der Waals surface area contributed by atoms with Crippen LogP contribution in [0.2, 0.25) is 0 Å². The normalized spacial score (nSPS) is 14.3. The molecule has 0 spiro atoms. The number of imidazole rings is 2. The van der Waals surface area contributed by atoms with E-state index in [4.69, 9.17) is 0 Å². The Kier molecular flexibility index (Phi) is 5.81. The Labute approximate surface area is 249 Å². The molecular weight excluding hydrogens is 697 g/mol. The lowest BCUT2D eigenvalue weighted by Gasteiger charge is -2.15. The summed E-state index contributed by atoms with van der Waals surface area (Å²) in [5.74, 6) is 0. The van der Waals surface area contributed by atoms with Gasteiger partial charge in [-0.25, -0.2) is 9.97 Å². The second-order valence-corrected chi connectivity index (χ2v) is 10.5.